The lowest BCUT2D eigenvalue weighted by Crippen LogP contribution is -2.42. The third kappa shape index (κ3) is 4.05. The van der Waals surface area contributed by atoms with Gasteiger partial charge in [0.2, 0.25) is 0 Å². The van der Waals surface area contributed by atoms with Gasteiger partial charge in [-0.2, -0.15) is 0 Å². The molecule has 1 aromatic heterocycles. The van der Waals surface area contributed by atoms with Crippen molar-refractivity contribution in [2.24, 2.45) is 5.73 Å². The number of likely N-dealkylation sites (N-methyl/N-ethyl adjacent to an activating group) is 1. The zero-order valence-electron chi connectivity index (χ0n) is 11.4. The second kappa shape index (κ2) is 8.19. The Morgan fingerprint density at radius 2 is 2.17 bits per heavy atom. The molecule has 0 aromatic carbocycles. The van der Waals surface area contributed by atoms with E-state index in [-0.39, 0.29) is 18.7 Å². The molecule has 102 valence electrons. The average molecular weight is 251 g/mol. The molecule has 4 nitrogen and oxygen atoms in total. The fourth-order valence-corrected chi connectivity index (χ4v) is 2.22. The number of rotatable bonds is 8. The van der Waals surface area contributed by atoms with Crippen LogP contribution in [-0.2, 0) is 0 Å². The van der Waals surface area contributed by atoms with E-state index in [0.717, 1.165) is 31.6 Å². The van der Waals surface area contributed by atoms with Gasteiger partial charge in [0, 0.05) is 25.4 Å². The Morgan fingerprint density at radius 3 is 2.67 bits per heavy atom. The van der Waals surface area contributed by atoms with E-state index in [2.05, 4.69) is 23.7 Å². The fraction of sp³-hybridized carbons (Fsp3) is 0.643. The van der Waals surface area contributed by atoms with Crippen molar-refractivity contribution in [1.82, 2.24) is 9.88 Å². The quantitative estimate of drug-likeness (QED) is 0.736. The van der Waals surface area contributed by atoms with E-state index < -0.39 is 0 Å². The Morgan fingerprint density at radius 1 is 1.39 bits per heavy atom. The summed E-state index contributed by atoms with van der Waals surface area (Å²) < 4.78 is 0. The molecular weight excluding hydrogens is 226 g/mol. The molecule has 0 fully saturated rings. The minimum absolute atomic E-state index is 0.0681. The molecule has 0 aliphatic carbocycles. The number of hydrogen-bond acceptors (Lipinski definition) is 4. The van der Waals surface area contributed by atoms with Crippen LogP contribution in [0.1, 0.15) is 38.4 Å². The summed E-state index contributed by atoms with van der Waals surface area (Å²) in [5.74, 6) is 0. The van der Waals surface area contributed by atoms with Crippen LogP contribution in [0.25, 0.3) is 0 Å². The van der Waals surface area contributed by atoms with Gasteiger partial charge in [-0.3, -0.25) is 9.88 Å². The molecular formula is C14H25N3O. The number of aliphatic hydroxyl groups is 1. The van der Waals surface area contributed by atoms with Crippen LogP contribution in [-0.4, -0.2) is 40.7 Å². The maximum atomic E-state index is 8.99. The molecule has 0 amide bonds. The average Bonchev–Trinajstić information content (AvgIpc) is 2.43. The second-order valence-electron chi connectivity index (χ2n) is 4.48. The first-order chi connectivity index (χ1) is 8.74. The summed E-state index contributed by atoms with van der Waals surface area (Å²) in [6, 6.07) is 6.15. The topological polar surface area (TPSA) is 62.4 Å². The third-order valence-electron chi connectivity index (χ3n) is 3.27. The van der Waals surface area contributed by atoms with E-state index in [1.165, 1.54) is 0 Å². The van der Waals surface area contributed by atoms with Crippen LogP contribution in [0.3, 0.4) is 0 Å². The standard InChI is InChI=1S/C14H25N3O/c1-3-12(15)14(13-8-5-6-9-16-13)17(4-2)10-7-11-18/h5-6,8-9,12,14,18H,3-4,7,10-11,15H2,1-2H3. The highest BCUT2D eigenvalue weighted by atomic mass is 16.3. The van der Waals surface area contributed by atoms with E-state index in [0.29, 0.717) is 0 Å². The molecule has 0 spiro atoms. The number of pyridine rings is 1. The van der Waals surface area contributed by atoms with Crippen LogP contribution in [0.5, 0.6) is 0 Å². The summed E-state index contributed by atoms with van der Waals surface area (Å²) in [7, 11) is 0. The highest BCUT2D eigenvalue weighted by molar-refractivity contribution is 5.11. The third-order valence-corrected chi connectivity index (χ3v) is 3.27. The SMILES string of the molecule is CCC(N)C(c1ccccn1)N(CC)CCCO. The van der Waals surface area contributed by atoms with E-state index >= 15 is 0 Å². The summed E-state index contributed by atoms with van der Waals surface area (Å²) in [5.41, 5.74) is 7.27. The summed E-state index contributed by atoms with van der Waals surface area (Å²) in [5, 5.41) is 8.99. The van der Waals surface area contributed by atoms with Crippen molar-refractivity contribution in [3.05, 3.63) is 30.1 Å². The van der Waals surface area contributed by atoms with Crippen molar-refractivity contribution in [1.29, 1.82) is 0 Å². The van der Waals surface area contributed by atoms with Gasteiger partial charge in [0.25, 0.3) is 0 Å². The molecule has 1 heterocycles. The minimum atomic E-state index is 0.0681. The Balaban J connectivity index is 2.89. The first-order valence-electron chi connectivity index (χ1n) is 6.76. The molecule has 0 aliphatic rings. The van der Waals surface area contributed by atoms with Crippen molar-refractivity contribution in [2.75, 3.05) is 19.7 Å². The van der Waals surface area contributed by atoms with Crippen LogP contribution >= 0.6 is 0 Å². The molecule has 0 saturated carbocycles. The fourth-order valence-electron chi connectivity index (χ4n) is 2.22. The molecule has 0 radical (unpaired) electrons. The smallest absolute Gasteiger partial charge is 0.0673 e. The molecule has 18 heavy (non-hydrogen) atoms. The lowest BCUT2D eigenvalue weighted by atomic mass is 10.0. The normalized spacial score (nSPS) is 14.7. The van der Waals surface area contributed by atoms with E-state index in [9.17, 15) is 0 Å². The lowest BCUT2D eigenvalue weighted by Gasteiger charge is -2.34. The number of aliphatic hydroxyl groups excluding tert-OH is 1. The maximum Gasteiger partial charge on any atom is 0.0673 e. The largest absolute Gasteiger partial charge is 0.396 e. The highest BCUT2D eigenvalue weighted by Crippen LogP contribution is 2.23. The predicted octanol–water partition coefficient (Wildman–Crippen LogP) is 1.56. The van der Waals surface area contributed by atoms with Crippen LogP contribution in [0.15, 0.2) is 24.4 Å². The van der Waals surface area contributed by atoms with Crippen molar-refractivity contribution in [2.45, 2.75) is 38.8 Å². The summed E-state index contributed by atoms with van der Waals surface area (Å²) in [4.78, 5) is 6.74. The first-order valence-corrected chi connectivity index (χ1v) is 6.76. The van der Waals surface area contributed by atoms with Gasteiger partial charge in [-0.25, -0.2) is 0 Å². The molecule has 0 bridgehead atoms. The number of nitrogens with zero attached hydrogens (tertiary/aromatic N) is 2. The van der Waals surface area contributed by atoms with Crippen LogP contribution in [0.4, 0.5) is 0 Å². The van der Waals surface area contributed by atoms with Crippen LogP contribution < -0.4 is 5.73 Å². The minimum Gasteiger partial charge on any atom is -0.396 e. The van der Waals surface area contributed by atoms with Gasteiger partial charge >= 0.3 is 0 Å². The van der Waals surface area contributed by atoms with Gasteiger partial charge in [0.15, 0.2) is 0 Å². The van der Waals surface area contributed by atoms with Crippen LogP contribution in [0.2, 0.25) is 0 Å². The summed E-state index contributed by atoms with van der Waals surface area (Å²) >= 11 is 0. The molecule has 2 atom stereocenters. The molecule has 2 unspecified atom stereocenters. The molecule has 1 rings (SSSR count). The zero-order valence-corrected chi connectivity index (χ0v) is 11.4. The molecule has 4 heteroatoms. The van der Waals surface area contributed by atoms with Gasteiger partial charge in [-0.05, 0) is 31.5 Å². The monoisotopic (exact) mass is 251 g/mol. The Hall–Kier alpha value is -0.970. The van der Waals surface area contributed by atoms with Crippen molar-refractivity contribution < 1.29 is 5.11 Å². The van der Waals surface area contributed by atoms with Gasteiger partial charge < -0.3 is 10.8 Å². The summed E-state index contributed by atoms with van der Waals surface area (Å²) in [6.07, 6.45) is 3.50. The van der Waals surface area contributed by atoms with Gasteiger partial charge in [0.05, 0.1) is 11.7 Å². The Labute approximate surface area is 110 Å². The Bertz CT molecular complexity index is 318. The van der Waals surface area contributed by atoms with Crippen molar-refractivity contribution >= 4 is 0 Å². The predicted molar refractivity (Wildman–Crippen MR) is 74.2 cm³/mol. The molecule has 3 N–H and O–H groups in total. The zero-order chi connectivity index (χ0) is 13.4. The number of aromatic nitrogens is 1. The highest BCUT2D eigenvalue weighted by Gasteiger charge is 2.25. The Kier molecular flexibility index (Phi) is 6.86. The second-order valence-corrected chi connectivity index (χ2v) is 4.48. The molecule has 1 aromatic rings. The first kappa shape index (κ1) is 15.1. The summed E-state index contributed by atoms with van der Waals surface area (Å²) in [6.45, 7) is 6.19. The van der Waals surface area contributed by atoms with Crippen molar-refractivity contribution in [3.8, 4) is 0 Å². The number of nitrogens with two attached hydrogens (primary N) is 1. The maximum absolute atomic E-state index is 8.99. The van der Waals surface area contributed by atoms with E-state index in [1.54, 1.807) is 0 Å². The van der Waals surface area contributed by atoms with E-state index in [4.69, 9.17) is 10.8 Å². The number of hydrogen-bond donors (Lipinski definition) is 2. The van der Waals surface area contributed by atoms with Crippen LogP contribution in [0, 0.1) is 0 Å². The van der Waals surface area contributed by atoms with Gasteiger partial charge in [-0.1, -0.05) is 19.9 Å². The molecule has 0 aliphatic heterocycles. The van der Waals surface area contributed by atoms with E-state index in [1.807, 2.05) is 24.4 Å². The molecule has 0 saturated heterocycles. The lowest BCUT2D eigenvalue weighted by molar-refractivity contribution is 0.156. The van der Waals surface area contributed by atoms with Crippen molar-refractivity contribution in [3.63, 3.8) is 0 Å². The van der Waals surface area contributed by atoms with Gasteiger partial charge in [0.1, 0.15) is 0 Å². The van der Waals surface area contributed by atoms with Gasteiger partial charge in [-0.15, -0.1) is 0 Å².